The molecule has 0 aliphatic heterocycles. The van der Waals surface area contributed by atoms with Crippen molar-refractivity contribution in [3.05, 3.63) is 64.1 Å². The standard InChI is InChI=1S/C14H14BrNO2S/c15-13-5-7-14(8-6-13)19(17,18)10-12-4-2-1-3-11(12)9-16/h1-8H,9-10,16H2. The minimum absolute atomic E-state index is 0.0258. The SMILES string of the molecule is NCc1ccccc1CS(=O)(=O)c1ccc(Br)cc1. The maximum absolute atomic E-state index is 12.3. The molecule has 19 heavy (non-hydrogen) atoms. The summed E-state index contributed by atoms with van der Waals surface area (Å²) in [5.41, 5.74) is 7.25. The predicted molar refractivity (Wildman–Crippen MR) is 79.4 cm³/mol. The van der Waals surface area contributed by atoms with Gasteiger partial charge in [0.15, 0.2) is 9.84 Å². The van der Waals surface area contributed by atoms with Gasteiger partial charge >= 0.3 is 0 Å². The van der Waals surface area contributed by atoms with Crippen LogP contribution in [0.15, 0.2) is 57.9 Å². The first kappa shape index (κ1) is 14.2. The van der Waals surface area contributed by atoms with Crippen LogP contribution in [0.5, 0.6) is 0 Å². The summed E-state index contributed by atoms with van der Waals surface area (Å²) in [6, 6.07) is 14.0. The van der Waals surface area contributed by atoms with Crippen LogP contribution in [0.1, 0.15) is 11.1 Å². The second kappa shape index (κ2) is 5.86. The highest BCUT2D eigenvalue weighted by atomic mass is 79.9. The summed E-state index contributed by atoms with van der Waals surface area (Å²) < 4.78 is 25.5. The van der Waals surface area contributed by atoms with Crippen molar-refractivity contribution in [3.63, 3.8) is 0 Å². The van der Waals surface area contributed by atoms with Crippen molar-refractivity contribution in [1.82, 2.24) is 0 Å². The van der Waals surface area contributed by atoms with Crippen LogP contribution < -0.4 is 5.73 Å². The van der Waals surface area contributed by atoms with Gasteiger partial charge < -0.3 is 5.73 Å². The Morgan fingerprint density at radius 3 is 2.11 bits per heavy atom. The molecule has 2 aromatic rings. The molecule has 0 unspecified atom stereocenters. The molecule has 0 saturated carbocycles. The molecule has 0 heterocycles. The minimum atomic E-state index is -3.34. The quantitative estimate of drug-likeness (QED) is 0.931. The number of hydrogen-bond donors (Lipinski definition) is 1. The number of rotatable bonds is 4. The fourth-order valence-corrected chi connectivity index (χ4v) is 3.50. The van der Waals surface area contributed by atoms with Gasteiger partial charge in [-0.05, 0) is 35.4 Å². The molecule has 0 atom stereocenters. The van der Waals surface area contributed by atoms with E-state index in [-0.39, 0.29) is 5.75 Å². The molecular weight excluding hydrogens is 326 g/mol. The Hall–Kier alpha value is -1.17. The summed E-state index contributed by atoms with van der Waals surface area (Å²) >= 11 is 3.29. The van der Waals surface area contributed by atoms with E-state index in [4.69, 9.17) is 5.73 Å². The number of nitrogens with two attached hydrogens (primary N) is 1. The van der Waals surface area contributed by atoms with E-state index in [9.17, 15) is 8.42 Å². The zero-order chi connectivity index (χ0) is 13.9. The molecule has 5 heteroatoms. The van der Waals surface area contributed by atoms with E-state index in [1.807, 2.05) is 18.2 Å². The molecular formula is C14H14BrNO2S. The fourth-order valence-electron chi connectivity index (χ4n) is 1.83. The van der Waals surface area contributed by atoms with Gasteiger partial charge in [0.05, 0.1) is 10.6 Å². The number of hydrogen-bond acceptors (Lipinski definition) is 3. The van der Waals surface area contributed by atoms with E-state index in [0.717, 1.165) is 15.6 Å². The predicted octanol–water partition coefficient (Wildman–Crippen LogP) is 2.88. The Morgan fingerprint density at radius 1 is 0.947 bits per heavy atom. The van der Waals surface area contributed by atoms with E-state index in [2.05, 4.69) is 15.9 Å². The first-order chi connectivity index (χ1) is 9.03. The van der Waals surface area contributed by atoms with E-state index >= 15 is 0 Å². The van der Waals surface area contributed by atoms with Crippen LogP contribution in [0.2, 0.25) is 0 Å². The Morgan fingerprint density at radius 2 is 1.53 bits per heavy atom. The summed E-state index contributed by atoms with van der Waals surface area (Å²) in [5.74, 6) is -0.0258. The molecule has 0 aliphatic rings. The lowest BCUT2D eigenvalue weighted by atomic mass is 10.1. The molecule has 2 rings (SSSR count). The van der Waals surface area contributed by atoms with Crippen molar-refractivity contribution in [3.8, 4) is 0 Å². The topological polar surface area (TPSA) is 60.2 Å². The molecule has 2 aromatic carbocycles. The summed E-state index contributed by atoms with van der Waals surface area (Å²) in [7, 11) is -3.34. The summed E-state index contributed by atoms with van der Waals surface area (Å²) in [6.45, 7) is 0.339. The van der Waals surface area contributed by atoms with Gasteiger partial charge in [0, 0.05) is 11.0 Å². The molecule has 100 valence electrons. The number of sulfone groups is 1. The minimum Gasteiger partial charge on any atom is -0.326 e. The normalized spacial score (nSPS) is 11.5. The third-order valence-electron chi connectivity index (χ3n) is 2.86. The van der Waals surface area contributed by atoms with E-state index in [1.54, 1.807) is 30.3 Å². The average molecular weight is 340 g/mol. The van der Waals surface area contributed by atoms with Gasteiger partial charge in [-0.3, -0.25) is 0 Å². The lowest BCUT2D eigenvalue weighted by Crippen LogP contribution is -2.09. The highest BCUT2D eigenvalue weighted by Crippen LogP contribution is 2.20. The van der Waals surface area contributed by atoms with Gasteiger partial charge in [0.1, 0.15) is 0 Å². The number of halogens is 1. The Labute approximate surface area is 121 Å². The van der Waals surface area contributed by atoms with Crippen LogP contribution in [0.4, 0.5) is 0 Å². The molecule has 0 bridgehead atoms. The van der Waals surface area contributed by atoms with Gasteiger partial charge in [0.25, 0.3) is 0 Å². The summed E-state index contributed by atoms with van der Waals surface area (Å²) in [5, 5.41) is 0. The summed E-state index contributed by atoms with van der Waals surface area (Å²) in [6.07, 6.45) is 0. The van der Waals surface area contributed by atoms with Crippen molar-refractivity contribution < 1.29 is 8.42 Å². The average Bonchev–Trinajstić information content (AvgIpc) is 2.39. The molecule has 0 aliphatic carbocycles. The maximum Gasteiger partial charge on any atom is 0.182 e. The highest BCUT2D eigenvalue weighted by molar-refractivity contribution is 9.10. The second-order valence-corrected chi connectivity index (χ2v) is 7.09. The number of benzene rings is 2. The highest BCUT2D eigenvalue weighted by Gasteiger charge is 2.16. The van der Waals surface area contributed by atoms with E-state index in [1.165, 1.54) is 0 Å². The molecule has 0 spiro atoms. The van der Waals surface area contributed by atoms with Crippen molar-refractivity contribution in [2.45, 2.75) is 17.2 Å². The van der Waals surface area contributed by atoms with Gasteiger partial charge in [-0.25, -0.2) is 8.42 Å². The molecule has 2 N–H and O–H groups in total. The van der Waals surface area contributed by atoms with Gasteiger partial charge in [0.2, 0.25) is 0 Å². The van der Waals surface area contributed by atoms with E-state index in [0.29, 0.717) is 11.4 Å². The first-order valence-corrected chi connectivity index (χ1v) is 8.22. The van der Waals surface area contributed by atoms with Crippen LogP contribution in [0, 0.1) is 0 Å². The zero-order valence-corrected chi connectivity index (χ0v) is 12.6. The Kier molecular flexibility index (Phi) is 4.39. The monoisotopic (exact) mass is 339 g/mol. The molecule has 3 nitrogen and oxygen atoms in total. The van der Waals surface area contributed by atoms with Crippen molar-refractivity contribution >= 4 is 25.8 Å². The van der Waals surface area contributed by atoms with Gasteiger partial charge in [-0.2, -0.15) is 0 Å². The first-order valence-electron chi connectivity index (χ1n) is 5.78. The smallest absolute Gasteiger partial charge is 0.182 e. The van der Waals surface area contributed by atoms with E-state index < -0.39 is 9.84 Å². The zero-order valence-electron chi connectivity index (χ0n) is 10.2. The van der Waals surface area contributed by atoms with Crippen molar-refractivity contribution in [1.29, 1.82) is 0 Å². The van der Waals surface area contributed by atoms with Gasteiger partial charge in [-0.1, -0.05) is 40.2 Å². The lowest BCUT2D eigenvalue weighted by Gasteiger charge is -2.08. The third kappa shape index (κ3) is 3.43. The third-order valence-corrected chi connectivity index (χ3v) is 5.07. The molecule has 0 amide bonds. The van der Waals surface area contributed by atoms with Crippen molar-refractivity contribution in [2.75, 3.05) is 0 Å². The molecule has 0 fully saturated rings. The fraction of sp³-hybridized carbons (Fsp3) is 0.143. The van der Waals surface area contributed by atoms with Crippen LogP contribution >= 0.6 is 15.9 Å². The van der Waals surface area contributed by atoms with Crippen LogP contribution in [0.25, 0.3) is 0 Å². The largest absolute Gasteiger partial charge is 0.326 e. The lowest BCUT2D eigenvalue weighted by molar-refractivity contribution is 0.595. The molecule has 0 saturated heterocycles. The van der Waals surface area contributed by atoms with Crippen LogP contribution in [-0.2, 0) is 22.1 Å². The maximum atomic E-state index is 12.3. The van der Waals surface area contributed by atoms with Crippen LogP contribution in [0.3, 0.4) is 0 Å². The second-order valence-electron chi connectivity index (χ2n) is 4.19. The Bertz CT molecular complexity index is 666. The van der Waals surface area contributed by atoms with Gasteiger partial charge in [-0.15, -0.1) is 0 Å². The van der Waals surface area contributed by atoms with Crippen molar-refractivity contribution in [2.24, 2.45) is 5.73 Å². The Balaban J connectivity index is 2.34. The molecule has 0 aromatic heterocycles. The summed E-state index contributed by atoms with van der Waals surface area (Å²) in [4.78, 5) is 0.322. The molecule has 0 radical (unpaired) electrons. The van der Waals surface area contributed by atoms with Crippen LogP contribution in [-0.4, -0.2) is 8.42 Å².